The van der Waals surface area contributed by atoms with Crippen LogP contribution in [-0.4, -0.2) is 44.9 Å². The van der Waals surface area contributed by atoms with Gasteiger partial charge in [0.25, 0.3) is 5.91 Å². The molecule has 0 saturated carbocycles. The molecule has 7 nitrogen and oxygen atoms in total. The van der Waals surface area contributed by atoms with E-state index in [0.717, 1.165) is 0 Å². The minimum absolute atomic E-state index is 0.150. The van der Waals surface area contributed by atoms with E-state index < -0.39 is 12.2 Å². The van der Waals surface area contributed by atoms with Crippen LogP contribution in [0.15, 0.2) is 48.5 Å². The zero-order chi connectivity index (χ0) is 19.2. The van der Waals surface area contributed by atoms with Crippen molar-refractivity contribution in [1.82, 2.24) is 5.32 Å². The normalized spacial score (nSPS) is 16.0. The third-order valence-electron chi connectivity index (χ3n) is 3.97. The lowest BCUT2D eigenvalue weighted by atomic mass is 10.2. The smallest absolute Gasteiger partial charge is 0.414 e. The van der Waals surface area contributed by atoms with Gasteiger partial charge in [-0.2, -0.15) is 0 Å². The van der Waals surface area contributed by atoms with Crippen molar-refractivity contribution in [3.63, 3.8) is 0 Å². The van der Waals surface area contributed by atoms with Crippen molar-refractivity contribution >= 4 is 17.7 Å². The summed E-state index contributed by atoms with van der Waals surface area (Å²) in [5.41, 5.74) is 0.537. The average Bonchev–Trinajstić information content (AvgIpc) is 3.06. The lowest BCUT2D eigenvalue weighted by molar-refractivity contribution is -0.123. The summed E-state index contributed by atoms with van der Waals surface area (Å²) in [5, 5.41) is 2.67. The topological polar surface area (TPSA) is 77.1 Å². The fourth-order valence-corrected chi connectivity index (χ4v) is 2.62. The molecule has 1 atom stereocenters. The molecular weight excluding hydrogens is 355 g/mol. The van der Waals surface area contributed by atoms with Crippen LogP contribution in [0.4, 0.5) is 14.9 Å². The molecule has 1 aliphatic heterocycles. The van der Waals surface area contributed by atoms with Gasteiger partial charge in [-0.15, -0.1) is 0 Å². The molecule has 2 aromatic rings. The highest BCUT2D eigenvalue weighted by Gasteiger charge is 2.32. The van der Waals surface area contributed by atoms with Crippen molar-refractivity contribution in [2.45, 2.75) is 6.10 Å². The monoisotopic (exact) mass is 374 g/mol. The molecule has 0 unspecified atom stereocenters. The number of hydrogen-bond acceptors (Lipinski definition) is 5. The summed E-state index contributed by atoms with van der Waals surface area (Å²) in [7, 11) is 1.52. The number of ether oxygens (including phenoxy) is 3. The Hall–Kier alpha value is -3.29. The zero-order valence-electron chi connectivity index (χ0n) is 14.7. The zero-order valence-corrected chi connectivity index (χ0v) is 14.7. The van der Waals surface area contributed by atoms with Crippen molar-refractivity contribution in [3.8, 4) is 11.5 Å². The van der Waals surface area contributed by atoms with Crippen molar-refractivity contribution in [3.05, 3.63) is 54.3 Å². The SMILES string of the molecule is COc1ccccc1OCC(=O)NC[C@H]1CN(c2ccc(F)cc2)C(=O)O1. The highest BCUT2D eigenvalue weighted by molar-refractivity contribution is 5.89. The number of hydrogen-bond donors (Lipinski definition) is 1. The van der Waals surface area contributed by atoms with Gasteiger partial charge in [0.1, 0.15) is 11.9 Å². The van der Waals surface area contributed by atoms with E-state index in [-0.39, 0.29) is 31.4 Å². The van der Waals surface area contributed by atoms with E-state index in [9.17, 15) is 14.0 Å². The molecule has 3 rings (SSSR count). The van der Waals surface area contributed by atoms with E-state index in [1.807, 2.05) is 0 Å². The Morgan fingerprint density at radius 3 is 2.63 bits per heavy atom. The molecule has 0 aromatic heterocycles. The van der Waals surface area contributed by atoms with Crippen LogP contribution in [0.1, 0.15) is 0 Å². The second kappa shape index (κ2) is 8.39. The number of anilines is 1. The third-order valence-corrected chi connectivity index (χ3v) is 3.97. The second-order valence-electron chi connectivity index (χ2n) is 5.84. The van der Waals surface area contributed by atoms with Crippen LogP contribution >= 0.6 is 0 Å². The van der Waals surface area contributed by atoms with E-state index in [2.05, 4.69) is 5.32 Å². The van der Waals surface area contributed by atoms with Crippen molar-refractivity contribution in [2.75, 3.05) is 31.7 Å². The molecule has 0 radical (unpaired) electrons. The minimum atomic E-state index is -0.536. The van der Waals surface area contributed by atoms with Gasteiger partial charge in [-0.05, 0) is 36.4 Å². The molecule has 1 saturated heterocycles. The number of halogens is 1. The van der Waals surface area contributed by atoms with Gasteiger partial charge in [-0.3, -0.25) is 9.69 Å². The van der Waals surface area contributed by atoms with Crippen molar-refractivity contribution in [1.29, 1.82) is 0 Å². The first-order valence-corrected chi connectivity index (χ1v) is 8.33. The number of benzene rings is 2. The predicted octanol–water partition coefficient (Wildman–Crippen LogP) is 2.35. The summed E-state index contributed by atoms with van der Waals surface area (Å²) in [6.45, 7) is 0.221. The van der Waals surface area contributed by atoms with E-state index >= 15 is 0 Å². The summed E-state index contributed by atoms with van der Waals surface area (Å²) in [6, 6.07) is 12.5. The first kappa shape index (κ1) is 18.5. The van der Waals surface area contributed by atoms with Crippen LogP contribution in [0.5, 0.6) is 11.5 Å². The number of nitrogens with one attached hydrogen (secondary N) is 1. The van der Waals surface area contributed by atoms with Gasteiger partial charge in [0.2, 0.25) is 0 Å². The summed E-state index contributed by atoms with van der Waals surface area (Å²) in [4.78, 5) is 25.3. The van der Waals surface area contributed by atoms with Gasteiger partial charge in [-0.25, -0.2) is 9.18 Å². The average molecular weight is 374 g/mol. The standard InChI is InChI=1S/C19H19FN2O5/c1-25-16-4-2-3-5-17(16)26-12-18(23)21-10-15-11-22(19(24)27-15)14-8-6-13(20)7-9-14/h2-9,15H,10-12H2,1H3,(H,21,23)/t15-/m0/s1. The van der Waals surface area contributed by atoms with Gasteiger partial charge >= 0.3 is 6.09 Å². The van der Waals surface area contributed by atoms with E-state index in [0.29, 0.717) is 17.2 Å². The molecule has 0 bridgehead atoms. The highest BCUT2D eigenvalue weighted by atomic mass is 19.1. The molecule has 1 heterocycles. The van der Waals surface area contributed by atoms with Gasteiger partial charge in [0.05, 0.1) is 20.2 Å². The van der Waals surface area contributed by atoms with Gasteiger partial charge in [0, 0.05) is 5.69 Å². The van der Waals surface area contributed by atoms with Crippen LogP contribution in [0, 0.1) is 5.82 Å². The number of para-hydroxylation sites is 2. The Labute approximate surface area is 155 Å². The molecule has 2 amide bonds. The summed E-state index contributed by atoms with van der Waals surface area (Å²) in [5.74, 6) is 0.261. The van der Waals surface area contributed by atoms with Crippen LogP contribution < -0.4 is 19.7 Å². The second-order valence-corrected chi connectivity index (χ2v) is 5.84. The van der Waals surface area contributed by atoms with E-state index in [4.69, 9.17) is 14.2 Å². The molecule has 1 fully saturated rings. The van der Waals surface area contributed by atoms with Gasteiger partial charge in [0.15, 0.2) is 18.1 Å². The molecule has 1 aliphatic rings. The molecule has 0 spiro atoms. The summed E-state index contributed by atoms with van der Waals surface area (Å²) < 4.78 is 28.8. The summed E-state index contributed by atoms with van der Waals surface area (Å²) >= 11 is 0. The fraction of sp³-hybridized carbons (Fsp3) is 0.263. The maximum Gasteiger partial charge on any atom is 0.414 e. The number of carbonyl (C=O) groups excluding carboxylic acids is 2. The number of methoxy groups -OCH3 is 1. The van der Waals surface area contributed by atoms with E-state index in [1.165, 1.54) is 36.3 Å². The fourth-order valence-electron chi connectivity index (χ4n) is 2.62. The maximum absolute atomic E-state index is 13.0. The maximum atomic E-state index is 13.0. The van der Waals surface area contributed by atoms with Gasteiger partial charge in [-0.1, -0.05) is 12.1 Å². The Balaban J connectivity index is 1.46. The lowest BCUT2D eigenvalue weighted by Gasteiger charge is -2.13. The lowest BCUT2D eigenvalue weighted by Crippen LogP contribution is -2.37. The van der Waals surface area contributed by atoms with Crippen LogP contribution in [0.25, 0.3) is 0 Å². The summed E-state index contributed by atoms with van der Waals surface area (Å²) in [6.07, 6.45) is -1.04. The molecule has 1 N–H and O–H groups in total. The highest BCUT2D eigenvalue weighted by Crippen LogP contribution is 2.25. The van der Waals surface area contributed by atoms with E-state index in [1.54, 1.807) is 24.3 Å². The number of cyclic esters (lactones) is 1. The predicted molar refractivity (Wildman–Crippen MR) is 95.5 cm³/mol. The first-order valence-electron chi connectivity index (χ1n) is 8.33. The van der Waals surface area contributed by atoms with Crippen molar-refractivity contribution in [2.24, 2.45) is 0 Å². The Morgan fingerprint density at radius 1 is 1.22 bits per heavy atom. The molecule has 27 heavy (non-hydrogen) atoms. The first-order chi connectivity index (χ1) is 13.1. The van der Waals surface area contributed by atoms with Gasteiger partial charge < -0.3 is 19.5 Å². The molecular formula is C19H19FN2O5. The Bertz CT molecular complexity index is 812. The minimum Gasteiger partial charge on any atom is -0.493 e. The number of rotatable bonds is 7. The molecule has 2 aromatic carbocycles. The van der Waals surface area contributed by atoms with Crippen LogP contribution in [-0.2, 0) is 9.53 Å². The Morgan fingerprint density at radius 2 is 1.93 bits per heavy atom. The van der Waals surface area contributed by atoms with Crippen molar-refractivity contribution < 1.29 is 28.2 Å². The largest absolute Gasteiger partial charge is 0.493 e. The van der Waals surface area contributed by atoms with Crippen LogP contribution in [0.3, 0.4) is 0 Å². The number of carbonyl (C=O) groups is 2. The molecule has 8 heteroatoms. The molecule has 0 aliphatic carbocycles. The Kier molecular flexibility index (Phi) is 5.75. The number of amides is 2. The quantitative estimate of drug-likeness (QED) is 0.805. The molecule has 142 valence electrons. The number of nitrogens with zero attached hydrogens (tertiary/aromatic N) is 1. The third kappa shape index (κ3) is 4.66. The van der Waals surface area contributed by atoms with Crippen LogP contribution in [0.2, 0.25) is 0 Å².